The molecule has 1 saturated carbocycles. The highest BCUT2D eigenvalue weighted by atomic mass is 19.1. The van der Waals surface area contributed by atoms with E-state index in [1.807, 2.05) is 0 Å². The molecular formula is C16H18F2N2O4. The van der Waals surface area contributed by atoms with Gasteiger partial charge in [-0.25, -0.2) is 8.78 Å². The van der Waals surface area contributed by atoms with Gasteiger partial charge in [-0.2, -0.15) is 0 Å². The average Bonchev–Trinajstić information content (AvgIpc) is 2.47. The van der Waals surface area contributed by atoms with E-state index in [4.69, 9.17) is 5.11 Å². The zero-order valence-electron chi connectivity index (χ0n) is 12.9. The maximum absolute atomic E-state index is 13.4. The Morgan fingerprint density at radius 3 is 2.17 bits per heavy atom. The van der Waals surface area contributed by atoms with Gasteiger partial charge in [-0.05, 0) is 25.0 Å². The van der Waals surface area contributed by atoms with E-state index in [1.54, 1.807) is 0 Å². The van der Waals surface area contributed by atoms with E-state index in [1.165, 1.54) is 0 Å². The van der Waals surface area contributed by atoms with Crippen LogP contribution in [0.15, 0.2) is 18.2 Å². The maximum Gasteiger partial charge on any atom is 0.310 e. The first-order valence-corrected chi connectivity index (χ1v) is 7.58. The van der Waals surface area contributed by atoms with E-state index in [9.17, 15) is 23.2 Å². The first kappa shape index (κ1) is 17.8. The summed E-state index contributed by atoms with van der Waals surface area (Å²) in [4.78, 5) is 34.7. The molecule has 0 radical (unpaired) electrons. The molecule has 130 valence electrons. The molecule has 1 aliphatic carbocycles. The van der Waals surface area contributed by atoms with Crippen molar-refractivity contribution >= 4 is 17.8 Å². The van der Waals surface area contributed by atoms with E-state index in [0.29, 0.717) is 12.8 Å². The number of carbonyl (C=O) groups is 3. The summed E-state index contributed by atoms with van der Waals surface area (Å²) in [7, 11) is 0. The number of halogens is 2. The summed E-state index contributed by atoms with van der Waals surface area (Å²) in [6.45, 7) is 0.00869. The fourth-order valence-electron chi connectivity index (χ4n) is 2.62. The Bertz CT molecular complexity index is 639. The lowest BCUT2D eigenvalue weighted by molar-refractivity contribution is -0.157. The minimum absolute atomic E-state index is 0.0293. The lowest BCUT2D eigenvalue weighted by Crippen LogP contribution is -2.43. The van der Waals surface area contributed by atoms with Crippen molar-refractivity contribution in [2.75, 3.05) is 13.1 Å². The van der Waals surface area contributed by atoms with Crippen molar-refractivity contribution in [2.24, 2.45) is 5.41 Å². The lowest BCUT2D eigenvalue weighted by Gasteiger charge is -2.36. The van der Waals surface area contributed by atoms with Gasteiger partial charge in [0.15, 0.2) is 0 Å². The topological polar surface area (TPSA) is 95.5 Å². The van der Waals surface area contributed by atoms with Gasteiger partial charge in [0.1, 0.15) is 17.2 Å². The quantitative estimate of drug-likeness (QED) is 0.655. The van der Waals surface area contributed by atoms with Crippen LogP contribution in [0.5, 0.6) is 0 Å². The van der Waals surface area contributed by atoms with E-state index in [2.05, 4.69) is 10.6 Å². The van der Waals surface area contributed by atoms with E-state index >= 15 is 0 Å². The smallest absolute Gasteiger partial charge is 0.310 e. The van der Waals surface area contributed by atoms with Crippen LogP contribution in [0.4, 0.5) is 8.78 Å². The Balaban J connectivity index is 1.76. The Hall–Kier alpha value is -2.51. The summed E-state index contributed by atoms with van der Waals surface area (Å²) in [5, 5.41) is 13.9. The first-order valence-electron chi connectivity index (χ1n) is 7.58. The Kier molecular flexibility index (Phi) is 5.48. The van der Waals surface area contributed by atoms with Gasteiger partial charge in [0, 0.05) is 19.5 Å². The minimum atomic E-state index is -0.983. The predicted octanol–water partition coefficient (Wildman–Crippen LogP) is 1.46. The van der Waals surface area contributed by atoms with E-state index in [0.717, 1.165) is 24.6 Å². The molecule has 1 aromatic carbocycles. The molecule has 2 amide bonds. The number of amides is 2. The van der Waals surface area contributed by atoms with Gasteiger partial charge in [0.05, 0.1) is 5.41 Å². The number of rotatable bonds is 7. The fraction of sp³-hybridized carbons (Fsp3) is 0.438. The summed E-state index contributed by atoms with van der Waals surface area (Å²) >= 11 is 0. The number of carboxylic acids is 1. The molecule has 2 rings (SSSR count). The Morgan fingerprint density at radius 2 is 1.67 bits per heavy atom. The van der Waals surface area contributed by atoms with Gasteiger partial charge < -0.3 is 15.7 Å². The molecule has 0 bridgehead atoms. The van der Waals surface area contributed by atoms with Crippen LogP contribution in [0, 0.1) is 17.0 Å². The van der Waals surface area contributed by atoms with Crippen LogP contribution in [0.1, 0.15) is 36.0 Å². The summed E-state index contributed by atoms with van der Waals surface area (Å²) in [5.74, 6) is -4.26. The normalized spacial score (nSPS) is 15.2. The second kappa shape index (κ2) is 7.37. The van der Waals surface area contributed by atoms with Gasteiger partial charge >= 0.3 is 5.97 Å². The molecular weight excluding hydrogens is 322 g/mol. The molecule has 0 aromatic heterocycles. The van der Waals surface area contributed by atoms with Crippen LogP contribution in [0.3, 0.4) is 0 Å². The van der Waals surface area contributed by atoms with Crippen LogP contribution in [-0.4, -0.2) is 36.0 Å². The summed E-state index contributed by atoms with van der Waals surface area (Å²) < 4.78 is 26.8. The molecule has 0 heterocycles. The van der Waals surface area contributed by atoms with Gasteiger partial charge in [-0.3, -0.25) is 14.4 Å². The van der Waals surface area contributed by atoms with E-state index < -0.39 is 40.4 Å². The second-order valence-corrected chi connectivity index (χ2v) is 5.82. The van der Waals surface area contributed by atoms with Crippen molar-refractivity contribution in [3.63, 3.8) is 0 Å². The predicted molar refractivity (Wildman–Crippen MR) is 80.2 cm³/mol. The number of benzene rings is 1. The van der Waals surface area contributed by atoms with Gasteiger partial charge in [0.2, 0.25) is 5.91 Å². The molecule has 24 heavy (non-hydrogen) atoms. The number of hydrogen-bond acceptors (Lipinski definition) is 3. The molecule has 0 atom stereocenters. The average molecular weight is 340 g/mol. The molecule has 1 aliphatic rings. The lowest BCUT2D eigenvalue weighted by atomic mass is 9.66. The zero-order chi connectivity index (χ0) is 17.7. The molecule has 0 unspecified atom stereocenters. The van der Waals surface area contributed by atoms with Crippen LogP contribution < -0.4 is 10.6 Å². The van der Waals surface area contributed by atoms with Crippen LogP contribution in [0.2, 0.25) is 0 Å². The van der Waals surface area contributed by atoms with Crippen LogP contribution in [0.25, 0.3) is 0 Å². The molecule has 6 nitrogen and oxygen atoms in total. The van der Waals surface area contributed by atoms with Gasteiger partial charge in [0.25, 0.3) is 5.91 Å². The van der Waals surface area contributed by atoms with Crippen LogP contribution >= 0.6 is 0 Å². The highest BCUT2D eigenvalue weighted by molar-refractivity contribution is 5.94. The van der Waals surface area contributed by atoms with Crippen molar-refractivity contribution in [3.05, 3.63) is 35.4 Å². The third-order valence-corrected chi connectivity index (χ3v) is 4.19. The molecule has 0 aliphatic heterocycles. The van der Waals surface area contributed by atoms with E-state index in [-0.39, 0.29) is 19.5 Å². The third-order valence-electron chi connectivity index (χ3n) is 4.19. The largest absolute Gasteiger partial charge is 0.481 e. The second-order valence-electron chi connectivity index (χ2n) is 5.82. The Morgan fingerprint density at radius 1 is 1.08 bits per heavy atom. The van der Waals surface area contributed by atoms with Crippen molar-refractivity contribution in [1.29, 1.82) is 0 Å². The molecule has 3 N–H and O–H groups in total. The number of carboxylic acid groups (broad SMARTS) is 1. The Labute approximate surface area is 137 Å². The highest BCUT2D eigenvalue weighted by Gasteiger charge is 2.45. The van der Waals surface area contributed by atoms with Crippen molar-refractivity contribution in [1.82, 2.24) is 10.6 Å². The van der Waals surface area contributed by atoms with Crippen LogP contribution in [-0.2, 0) is 9.59 Å². The summed E-state index contributed by atoms with van der Waals surface area (Å²) in [6, 6.07) is 3.11. The molecule has 1 fully saturated rings. The number of nitrogens with one attached hydrogen (secondary N) is 2. The number of aliphatic carboxylic acids is 1. The minimum Gasteiger partial charge on any atom is -0.481 e. The first-order chi connectivity index (χ1) is 11.4. The standard InChI is InChI=1S/C16H18F2N2O4/c17-10-3-1-4-11(18)13(10)14(22)20-8-7-19-12(21)9-16(15(23)24)5-2-6-16/h1,3-4H,2,5-9H2,(H,19,21)(H,20,22)(H,23,24). The SMILES string of the molecule is O=C(CC1(C(=O)O)CCC1)NCCNC(=O)c1c(F)cccc1F. The third kappa shape index (κ3) is 3.87. The molecule has 8 heteroatoms. The molecule has 1 aromatic rings. The monoisotopic (exact) mass is 340 g/mol. The number of hydrogen-bond donors (Lipinski definition) is 3. The van der Waals surface area contributed by atoms with Crippen molar-refractivity contribution < 1.29 is 28.3 Å². The van der Waals surface area contributed by atoms with Gasteiger partial charge in [-0.1, -0.05) is 12.5 Å². The maximum atomic E-state index is 13.4. The molecule has 0 spiro atoms. The summed E-state index contributed by atoms with van der Waals surface area (Å²) in [5.41, 5.74) is -1.66. The van der Waals surface area contributed by atoms with Crippen molar-refractivity contribution in [2.45, 2.75) is 25.7 Å². The van der Waals surface area contributed by atoms with Gasteiger partial charge in [-0.15, -0.1) is 0 Å². The van der Waals surface area contributed by atoms with Crippen molar-refractivity contribution in [3.8, 4) is 0 Å². The zero-order valence-corrected chi connectivity index (χ0v) is 12.9. The summed E-state index contributed by atoms with van der Waals surface area (Å²) in [6.07, 6.45) is 1.61. The number of carbonyl (C=O) groups excluding carboxylic acids is 2. The molecule has 0 saturated heterocycles. The fourth-order valence-corrected chi connectivity index (χ4v) is 2.62. The highest BCUT2D eigenvalue weighted by Crippen LogP contribution is 2.44.